The van der Waals surface area contributed by atoms with Crippen LogP contribution in [-0.2, 0) is 0 Å². The summed E-state index contributed by atoms with van der Waals surface area (Å²) in [6.07, 6.45) is 0. The number of carbonyl (C=O) groups excluding carboxylic acids is 1. The van der Waals surface area contributed by atoms with Crippen molar-refractivity contribution in [3.63, 3.8) is 0 Å². The molecule has 0 heterocycles. The summed E-state index contributed by atoms with van der Waals surface area (Å²) in [5.41, 5.74) is 14.1. The first-order chi connectivity index (χ1) is 18.0. The number of nitrogens with zero attached hydrogens (tertiary/aromatic N) is 2. The fourth-order valence-corrected chi connectivity index (χ4v) is 3.05. The highest BCUT2D eigenvalue weighted by Crippen LogP contribution is 2.16. The maximum absolute atomic E-state index is 12.6. The van der Waals surface area contributed by atoms with Gasteiger partial charge in [0.1, 0.15) is 0 Å². The van der Waals surface area contributed by atoms with Gasteiger partial charge in [0.2, 0.25) is 11.9 Å². The molecule has 0 bridgehead atoms. The van der Waals surface area contributed by atoms with Crippen LogP contribution in [0, 0.1) is 0 Å². The summed E-state index contributed by atoms with van der Waals surface area (Å²) < 4.78 is 0. The van der Waals surface area contributed by atoms with Gasteiger partial charge in [0, 0.05) is 22.6 Å². The predicted molar refractivity (Wildman–Crippen MR) is 145 cm³/mol. The Morgan fingerprint density at radius 3 is 1.35 bits per heavy atom. The third-order valence-corrected chi connectivity index (χ3v) is 4.82. The molecule has 4 aromatic rings. The van der Waals surface area contributed by atoms with E-state index in [2.05, 4.69) is 26.3 Å². The van der Waals surface area contributed by atoms with E-state index in [1.54, 1.807) is 72.8 Å². The first kappa shape index (κ1) is 24.6. The van der Waals surface area contributed by atoms with Crippen LogP contribution in [0.3, 0.4) is 0 Å². The highest BCUT2D eigenvalue weighted by Gasteiger charge is 2.07. The molecule has 0 aromatic heterocycles. The third-order valence-electron chi connectivity index (χ3n) is 4.82. The van der Waals surface area contributed by atoms with Crippen LogP contribution in [0.1, 0.15) is 10.4 Å². The topological polar surface area (TPSA) is 148 Å². The minimum Gasteiger partial charge on any atom is -0.367 e. The summed E-state index contributed by atoms with van der Waals surface area (Å²) in [6.45, 7) is 0. The zero-order chi connectivity index (χ0) is 25.9. The van der Waals surface area contributed by atoms with Gasteiger partial charge in [0.25, 0.3) is 5.91 Å². The largest absolute Gasteiger partial charge is 0.367 e. The maximum Gasteiger partial charge on any atom is 0.255 e. The Bertz CT molecular complexity index is 1360. The number of amides is 1. The van der Waals surface area contributed by atoms with E-state index in [1.165, 1.54) is 0 Å². The molecule has 1 amide bonds. The van der Waals surface area contributed by atoms with Crippen LogP contribution in [0.25, 0.3) is 0 Å². The van der Waals surface area contributed by atoms with Gasteiger partial charge < -0.3 is 37.1 Å². The van der Waals surface area contributed by atoms with Crippen molar-refractivity contribution >= 4 is 34.9 Å². The van der Waals surface area contributed by atoms with Crippen molar-refractivity contribution in [1.82, 2.24) is 0 Å². The Hall–Kier alpha value is -5.51. The first-order valence-electron chi connectivity index (χ1n) is 11.2. The van der Waals surface area contributed by atoms with Gasteiger partial charge in [-0.1, -0.05) is 36.4 Å². The molecule has 0 fully saturated rings. The number of anilines is 3. The van der Waals surface area contributed by atoms with Gasteiger partial charge in [0.05, 0.1) is 0 Å². The molecule has 4 aromatic carbocycles. The summed E-state index contributed by atoms with van der Waals surface area (Å²) in [7, 11) is 0. The smallest absolute Gasteiger partial charge is 0.255 e. The number of nitrogens with one attached hydrogen (secondary N) is 3. The first-order valence-corrected chi connectivity index (χ1v) is 11.2. The van der Waals surface area contributed by atoms with Crippen molar-refractivity contribution < 1.29 is 14.5 Å². The normalized spacial score (nSPS) is 11.4. The van der Waals surface area contributed by atoms with Gasteiger partial charge in [-0.25, -0.2) is 0 Å². The molecule has 4 rings (SSSR count). The average Bonchev–Trinajstić information content (AvgIpc) is 2.93. The second-order valence-corrected chi connectivity index (χ2v) is 7.62. The van der Waals surface area contributed by atoms with Crippen LogP contribution in [0.4, 0.5) is 17.1 Å². The molecule has 37 heavy (non-hydrogen) atoms. The standard InChI is InChI=1S/C27H25N7O3/c28-26(33-36-23-7-3-1-4-8-23)31-21-13-11-19(12-14-21)25(35)30-20-15-17-22(18-16-20)32-27(29)34-37-24-9-5-2-6-10-24/h1-18H,(H,30,35)(H3,28,31,33)(H3,29,32,34). The van der Waals surface area contributed by atoms with Crippen LogP contribution in [-0.4, -0.2) is 17.8 Å². The quantitative estimate of drug-likeness (QED) is 0.138. The number of hydrogen-bond acceptors (Lipinski definition) is 5. The van der Waals surface area contributed by atoms with E-state index >= 15 is 0 Å². The van der Waals surface area contributed by atoms with Crippen molar-refractivity contribution in [3.05, 3.63) is 115 Å². The average molecular weight is 496 g/mol. The molecule has 0 aliphatic carbocycles. The lowest BCUT2D eigenvalue weighted by atomic mass is 10.2. The number of rotatable bonds is 8. The maximum atomic E-state index is 12.6. The number of hydrogen-bond donors (Lipinski definition) is 5. The molecule has 0 atom stereocenters. The van der Waals surface area contributed by atoms with Crippen molar-refractivity contribution in [2.45, 2.75) is 0 Å². The van der Waals surface area contributed by atoms with Crippen molar-refractivity contribution in [1.29, 1.82) is 0 Å². The summed E-state index contributed by atoms with van der Waals surface area (Å²) in [5, 5.41) is 16.3. The van der Waals surface area contributed by atoms with E-state index < -0.39 is 0 Å². The van der Waals surface area contributed by atoms with Crippen LogP contribution in [0.5, 0.6) is 11.5 Å². The van der Waals surface area contributed by atoms with Crippen molar-refractivity contribution in [2.75, 3.05) is 16.0 Å². The second-order valence-electron chi connectivity index (χ2n) is 7.62. The molecule has 0 radical (unpaired) electrons. The number of carbonyl (C=O) groups is 1. The Morgan fingerprint density at radius 1 is 0.541 bits per heavy atom. The van der Waals surface area contributed by atoms with E-state index in [4.69, 9.17) is 21.1 Å². The van der Waals surface area contributed by atoms with Crippen molar-refractivity contribution in [2.24, 2.45) is 21.8 Å². The number of benzene rings is 4. The van der Waals surface area contributed by atoms with E-state index in [-0.39, 0.29) is 17.8 Å². The zero-order valence-electron chi connectivity index (χ0n) is 19.7. The minimum absolute atomic E-state index is 0.0760. The lowest BCUT2D eigenvalue weighted by molar-refractivity contribution is 0.102. The van der Waals surface area contributed by atoms with Crippen LogP contribution >= 0.6 is 0 Å². The number of nitrogens with two attached hydrogens (primary N) is 2. The Labute approximate surface area is 213 Å². The SMILES string of the molecule is N/C(=N/Oc1ccccc1)Nc1ccc(NC(=O)c2ccc(N/C(N)=N/Oc3ccccc3)cc2)cc1. The van der Waals surface area contributed by atoms with Crippen LogP contribution in [0.2, 0.25) is 0 Å². The monoisotopic (exact) mass is 495 g/mol. The third kappa shape index (κ3) is 7.76. The second kappa shape index (κ2) is 12.3. The molecular formula is C27H25N7O3. The molecule has 10 nitrogen and oxygen atoms in total. The van der Waals surface area contributed by atoms with Crippen LogP contribution in [0.15, 0.2) is 120 Å². The molecule has 0 unspecified atom stereocenters. The lowest BCUT2D eigenvalue weighted by Crippen LogP contribution is -2.23. The number of oxime groups is 2. The van der Waals surface area contributed by atoms with Gasteiger partial charge in [-0.2, -0.15) is 0 Å². The molecule has 0 aliphatic heterocycles. The fourth-order valence-electron chi connectivity index (χ4n) is 3.05. The Kier molecular flexibility index (Phi) is 8.16. The summed E-state index contributed by atoms with van der Waals surface area (Å²) in [6, 6.07) is 31.9. The molecule has 0 saturated carbocycles. The highest BCUT2D eigenvalue weighted by molar-refractivity contribution is 6.05. The van der Waals surface area contributed by atoms with E-state index in [9.17, 15) is 4.79 Å². The van der Waals surface area contributed by atoms with Gasteiger partial charge in [-0.15, -0.1) is 0 Å². The number of para-hydroxylation sites is 2. The molecule has 186 valence electrons. The molecule has 0 saturated heterocycles. The summed E-state index contributed by atoms with van der Waals surface area (Å²) in [4.78, 5) is 23.1. The summed E-state index contributed by atoms with van der Waals surface area (Å²) >= 11 is 0. The van der Waals surface area contributed by atoms with Gasteiger partial charge in [0.15, 0.2) is 11.5 Å². The van der Waals surface area contributed by atoms with E-state index in [0.717, 1.165) is 0 Å². The molecular weight excluding hydrogens is 470 g/mol. The van der Waals surface area contributed by atoms with Crippen molar-refractivity contribution in [3.8, 4) is 11.5 Å². The molecule has 10 heteroatoms. The lowest BCUT2D eigenvalue weighted by Gasteiger charge is -2.09. The van der Waals surface area contributed by atoms with E-state index in [1.807, 2.05) is 36.4 Å². The molecule has 7 N–H and O–H groups in total. The van der Waals surface area contributed by atoms with Gasteiger partial charge in [-0.3, -0.25) is 4.79 Å². The van der Waals surface area contributed by atoms with Gasteiger partial charge in [-0.05, 0) is 83.1 Å². The Morgan fingerprint density at radius 2 is 0.919 bits per heavy atom. The molecule has 0 aliphatic rings. The fraction of sp³-hybridized carbons (Fsp3) is 0. The van der Waals surface area contributed by atoms with E-state index in [0.29, 0.717) is 34.1 Å². The summed E-state index contributed by atoms with van der Waals surface area (Å²) in [5.74, 6) is 1.04. The zero-order valence-corrected chi connectivity index (χ0v) is 19.7. The molecule has 0 spiro atoms. The Balaban J connectivity index is 1.27. The van der Waals surface area contributed by atoms with Crippen LogP contribution < -0.4 is 37.1 Å². The highest BCUT2D eigenvalue weighted by atomic mass is 16.6. The minimum atomic E-state index is -0.265. The predicted octanol–water partition coefficient (Wildman–Crippen LogP) is 4.38. The van der Waals surface area contributed by atoms with Gasteiger partial charge >= 0.3 is 0 Å². The number of guanidine groups is 2.